The number of nitrogens with two attached hydrogens (primary N) is 1. The fraction of sp³-hybridized carbons (Fsp3) is 0.333. The average Bonchev–Trinajstić information content (AvgIpc) is 2.75. The second-order valence-corrected chi connectivity index (χ2v) is 8.01. The van der Waals surface area contributed by atoms with Gasteiger partial charge in [0.15, 0.2) is 0 Å². The minimum absolute atomic E-state index is 0.0553. The normalized spacial score (nSPS) is 16.6. The van der Waals surface area contributed by atoms with Crippen molar-refractivity contribution < 1.29 is 14.6 Å². The number of phenolic OH excluding ortho intramolecular Hbond substituents is 1. The van der Waals surface area contributed by atoms with Crippen LogP contribution in [0.3, 0.4) is 0 Å². The molecule has 0 saturated carbocycles. The van der Waals surface area contributed by atoms with Gasteiger partial charge in [0.25, 0.3) is 5.91 Å². The largest absolute Gasteiger partial charge is 0.508 e. The zero-order valence-electron chi connectivity index (χ0n) is 17.4. The van der Waals surface area contributed by atoms with Crippen LogP contribution in [0.2, 0.25) is 0 Å². The molecule has 0 radical (unpaired) electrons. The second-order valence-electron chi connectivity index (χ2n) is 8.01. The summed E-state index contributed by atoms with van der Waals surface area (Å²) in [4.78, 5) is 19.3. The van der Waals surface area contributed by atoms with Crippen molar-refractivity contribution in [3.05, 3.63) is 59.3 Å². The van der Waals surface area contributed by atoms with Crippen molar-refractivity contribution in [1.82, 2.24) is 9.88 Å². The molecule has 1 aliphatic heterocycles. The van der Waals surface area contributed by atoms with Crippen LogP contribution in [-0.2, 0) is 0 Å². The number of carbonyl (C=O) groups excluding carboxylic acids is 1. The minimum Gasteiger partial charge on any atom is -0.508 e. The Morgan fingerprint density at radius 3 is 2.87 bits per heavy atom. The van der Waals surface area contributed by atoms with E-state index in [1.54, 1.807) is 18.2 Å². The number of fused-ring (bicyclic) bond motifs is 1. The quantitative estimate of drug-likeness (QED) is 0.683. The third-order valence-electron chi connectivity index (χ3n) is 5.88. The number of rotatable bonds is 4. The fourth-order valence-corrected chi connectivity index (χ4v) is 4.07. The number of aromatic hydroxyl groups is 1. The molecule has 1 fully saturated rings. The van der Waals surface area contributed by atoms with Gasteiger partial charge in [0.1, 0.15) is 11.5 Å². The van der Waals surface area contributed by atoms with E-state index in [9.17, 15) is 9.90 Å². The van der Waals surface area contributed by atoms with Crippen LogP contribution in [0.15, 0.2) is 42.5 Å². The molecule has 1 atom stereocenters. The summed E-state index contributed by atoms with van der Waals surface area (Å²) in [5.74, 6) is 1.01. The van der Waals surface area contributed by atoms with Crippen LogP contribution in [0.1, 0.15) is 34.5 Å². The van der Waals surface area contributed by atoms with Gasteiger partial charge < -0.3 is 20.5 Å². The SMILES string of the molecule is Cc1nc2cccc(OCC3CCCN(C(=O)c4cccc(O)c4)C3)c2c(N)c1C. The number of hydrogen-bond donors (Lipinski definition) is 2. The number of carbonyl (C=O) groups is 1. The van der Waals surface area contributed by atoms with E-state index in [-0.39, 0.29) is 17.6 Å². The topological polar surface area (TPSA) is 88.7 Å². The van der Waals surface area contributed by atoms with E-state index in [1.165, 1.54) is 6.07 Å². The average molecular weight is 405 g/mol. The molecule has 6 nitrogen and oxygen atoms in total. The second kappa shape index (κ2) is 8.22. The van der Waals surface area contributed by atoms with Crippen molar-refractivity contribution >= 4 is 22.5 Å². The molecule has 1 saturated heterocycles. The van der Waals surface area contributed by atoms with Gasteiger partial charge in [-0.3, -0.25) is 9.78 Å². The zero-order chi connectivity index (χ0) is 21.3. The van der Waals surface area contributed by atoms with Crippen LogP contribution in [0.5, 0.6) is 11.5 Å². The van der Waals surface area contributed by atoms with E-state index >= 15 is 0 Å². The summed E-state index contributed by atoms with van der Waals surface area (Å²) in [6, 6.07) is 12.3. The number of aromatic nitrogens is 1. The lowest BCUT2D eigenvalue weighted by molar-refractivity contribution is 0.0633. The molecule has 2 heterocycles. The minimum atomic E-state index is -0.0553. The monoisotopic (exact) mass is 405 g/mol. The Balaban J connectivity index is 1.48. The molecule has 1 unspecified atom stereocenters. The number of ether oxygens (including phenoxy) is 1. The molecule has 0 bridgehead atoms. The summed E-state index contributed by atoms with van der Waals surface area (Å²) in [7, 11) is 0. The molecule has 30 heavy (non-hydrogen) atoms. The van der Waals surface area contributed by atoms with Crippen LogP contribution in [0.4, 0.5) is 5.69 Å². The maximum atomic E-state index is 12.8. The number of likely N-dealkylation sites (tertiary alicyclic amines) is 1. The Morgan fingerprint density at radius 2 is 2.07 bits per heavy atom. The lowest BCUT2D eigenvalue weighted by Crippen LogP contribution is -2.41. The molecule has 1 aromatic heterocycles. The number of pyridine rings is 1. The maximum absolute atomic E-state index is 12.8. The zero-order valence-corrected chi connectivity index (χ0v) is 17.4. The van der Waals surface area contributed by atoms with E-state index < -0.39 is 0 Å². The molecule has 3 N–H and O–H groups in total. The van der Waals surface area contributed by atoms with Crippen molar-refractivity contribution in [3.8, 4) is 11.5 Å². The first kappa shape index (κ1) is 20.0. The number of nitrogen functional groups attached to an aromatic ring is 1. The highest BCUT2D eigenvalue weighted by Crippen LogP contribution is 2.33. The fourth-order valence-electron chi connectivity index (χ4n) is 4.07. The molecule has 4 rings (SSSR count). The Labute approximate surface area is 176 Å². The molecular weight excluding hydrogens is 378 g/mol. The van der Waals surface area contributed by atoms with Gasteiger partial charge >= 0.3 is 0 Å². The summed E-state index contributed by atoms with van der Waals surface area (Å²) < 4.78 is 6.19. The van der Waals surface area contributed by atoms with Gasteiger partial charge in [-0.25, -0.2) is 0 Å². The first-order chi connectivity index (χ1) is 14.4. The van der Waals surface area contributed by atoms with Crippen LogP contribution in [0, 0.1) is 19.8 Å². The van der Waals surface area contributed by atoms with Gasteiger partial charge in [-0.15, -0.1) is 0 Å². The maximum Gasteiger partial charge on any atom is 0.253 e. The molecule has 1 aliphatic rings. The summed E-state index contributed by atoms with van der Waals surface area (Å²) in [6.07, 6.45) is 1.93. The number of amides is 1. The lowest BCUT2D eigenvalue weighted by Gasteiger charge is -2.33. The van der Waals surface area contributed by atoms with Crippen molar-refractivity contribution in [2.45, 2.75) is 26.7 Å². The molecule has 6 heteroatoms. The highest BCUT2D eigenvalue weighted by atomic mass is 16.5. The summed E-state index contributed by atoms with van der Waals surface area (Å²) in [5, 5.41) is 10.5. The summed E-state index contributed by atoms with van der Waals surface area (Å²) in [5.41, 5.74) is 10.3. The molecule has 156 valence electrons. The number of piperidine rings is 1. The van der Waals surface area contributed by atoms with E-state index in [0.717, 1.165) is 40.8 Å². The molecule has 1 amide bonds. The summed E-state index contributed by atoms with van der Waals surface area (Å²) >= 11 is 0. The number of benzene rings is 2. The Bertz CT molecular complexity index is 1100. The molecule has 0 spiro atoms. The Morgan fingerprint density at radius 1 is 1.27 bits per heavy atom. The van der Waals surface area contributed by atoms with E-state index in [1.807, 2.05) is 36.9 Å². The van der Waals surface area contributed by atoms with Gasteiger partial charge in [-0.2, -0.15) is 0 Å². The van der Waals surface area contributed by atoms with Crippen LogP contribution in [0.25, 0.3) is 10.9 Å². The standard InChI is InChI=1S/C24H27N3O3/c1-15-16(2)26-20-9-4-10-21(22(20)23(15)25)30-14-17-6-5-11-27(13-17)24(29)18-7-3-8-19(28)12-18/h3-4,7-10,12,17,28H,5-6,11,13-14H2,1-2H3,(H2,25,26). The highest BCUT2D eigenvalue weighted by Gasteiger charge is 2.25. The Hall–Kier alpha value is -3.28. The molecule has 0 aliphatic carbocycles. The molecule has 3 aromatic rings. The first-order valence-corrected chi connectivity index (χ1v) is 10.3. The van der Waals surface area contributed by atoms with E-state index in [0.29, 0.717) is 30.9 Å². The van der Waals surface area contributed by atoms with Gasteiger partial charge in [0.05, 0.1) is 17.5 Å². The molecular formula is C24H27N3O3. The van der Waals surface area contributed by atoms with Crippen molar-refractivity contribution in [2.75, 3.05) is 25.4 Å². The van der Waals surface area contributed by atoms with E-state index in [4.69, 9.17) is 10.5 Å². The first-order valence-electron chi connectivity index (χ1n) is 10.3. The van der Waals surface area contributed by atoms with Crippen LogP contribution < -0.4 is 10.5 Å². The van der Waals surface area contributed by atoms with Crippen LogP contribution in [-0.4, -0.2) is 40.6 Å². The van der Waals surface area contributed by atoms with Crippen LogP contribution >= 0.6 is 0 Å². The smallest absolute Gasteiger partial charge is 0.253 e. The number of phenols is 1. The van der Waals surface area contributed by atoms with Crippen molar-refractivity contribution in [3.63, 3.8) is 0 Å². The van der Waals surface area contributed by atoms with Gasteiger partial charge in [-0.05, 0) is 62.6 Å². The van der Waals surface area contributed by atoms with E-state index in [2.05, 4.69) is 4.98 Å². The highest BCUT2D eigenvalue weighted by molar-refractivity contribution is 5.97. The van der Waals surface area contributed by atoms with Gasteiger partial charge in [0.2, 0.25) is 0 Å². The van der Waals surface area contributed by atoms with Gasteiger partial charge in [-0.1, -0.05) is 12.1 Å². The van der Waals surface area contributed by atoms with Crippen molar-refractivity contribution in [2.24, 2.45) is 5.92 Å². The third-order valence-corrected chi connectivity index (χ3v) is 5.88. The number of anilines is 1. The van der Waals surface area contributed by atoms with Crippen molar-refractivity contribution in [1.29, 1.82) is 0 Å². The summed E-state index contributed by atoms with van der Waals surface area (Å²) in [6.45, 7) is 5.79. The predicted molar refractivity (Wildman–Crippen MR) is 118 cm³/mol. The number of nitrogens with zero attached hydrogens (tertiary/aromatic N) is 2. The third kappa shape index (κ3) is 3.90. The van der Waals surface area contributed by atoms with Gasteiger partial charge in [0, 0.05) is 36.0 Å². The number of hydrogen-bond acceptors (Lipinski definition) is 5. The lowest BCUT2D eigenvalue weighted by atomic mass is 9.98. The number of aryl methyl sites for hydroxylation is 1. The predicted octanol–water partition coefficient (Wildman–Crippen LogP) is 4.07. The Kier molecular flexibility index (Phi) is 5.48. The molecule has 2 aromatic carbocycles.